The fourth-order valence-electron chi connectivity index (χ4n) is 4.32. The van der Waals surface area contributed by atoms with Gasteiger partial charge in [0.15, 0.2) is 0 Å². The Kier molecular flexibility index (Phi) is 8.04. The van der Waals surface area contributed by atoms with Crippen LogP contribution in [0.1, 0.15) is 42.1 Å². The van der Waals surface area contributed by atoms with Gasteiger partial charge >= 0.3 is 0 Å². The van der Waals surface area contributed by atoms with Crippen molar-refractivity contribution in [3.05, 3.63) is 106 Å². The SMILES string of the molecule is Clc1ccc(CCN2CCCCC2COC(c2ccccc2)c2ccc(Cl)cc2)cc1. The third-order valence-corrected chi connectivity index (χ3v) is 6.58. The molecule has 0 bridgehead atoms. The zero-order chi connectivity index (χ0) is 21.5. The Hall–Kier alpha value is -1.84. The first-order chi connectivity index (χ1) is 15.2. The van der Waals surface area contributed by atoms with Crippen molar-refractivity contribution in [1.82, 2.24) is 4.90 Å². The number of benzene rings is 3. The number of ether oxygens (including phenoxy) is 1. The lowest BCUT2D eigenvalue weighted by molar-refractivity contribution is 0.0116. The van der Waals surface area contributed by atoms with E-state index in [0.29, 0.717) is 6.04 Å². The van der Waals surface area contributed by atoms with Gasteiger partial charge in [0.2, 0.25) is 0 Å². The number of hydrogen-bond donors (Lipinski definition) is 0. The minimum absolute atomic E-state index is 0.0847. The van der Waals surface area contributed by atoms with Gasteiger partial charge in [-0.25, -0.2) is 0 Å². The van der Waals surface area contributed by atoms with Gasteiger partial charge in [0, 0.05) is 22.6 Å². The highest BCUT2D eigenvalue weighted by molar-refractivity contribution is 6.30. The molecule has 1 aliphatic heterocycles. The molecule has 3 aromatic rings. The topological polar surface area (TPSA) is 12.5 Å². The van der Waals surface area contributed by atoms with Crippen LogP contribution in [-0.2, 0) is 11.2 Å². The summed E-state index contributed by atoms with van der Waals surface area (Å²) in [6.45, 7) is 2.91. The van der Waals surface area contributed by atoms with Gasteiger partial charge in [-0.15, -0.1) is 0 Å². The summed E-state index contributed by atoms with van der Waals surface area (Å²) in [5.74, 6) is 0. The van der Waals surface area contributed by atoms with Crippen LogP contribution in [0.2, 0.25) is 10.0 Å². The lowest BCUT2D eigenvalue weighted by Crippen LogP contribution is -2.43. The molecule has 1 heterocycles. The highest BCUT2D eigenvalue weighted by atomic mass is 35.5. The quantitative estimate of drug-likeness (QED) is 0.357. The van der Waals surface area contributed by atoms with Gasteiger partial charge in [0.1, 0.15) is 6.10 Å². The minimum atomic E-state index is -0.0847. The predicted molar refractivity (Wildman–Crippen MR) is 130 cm³/mol. The Bertz CT molecular complexity index is 928. The number of likely N-dealkylation sites (tertiary alicyclic amines) is 1. The third-order valence-electron chi connectivity index (χ3n) is 6.08. The molecule has 0 N–H and O–H groups in total. The normalized spacial score (nSPS) is 18.1. The molecule has 0 amide bonds. The monoisotopic (exact) mass is 453 g/mol. The van der Waals surface area contributed by atoms with Crippen LogP contribution in [0.25, 0.3) is 0 Å². The molecular weight excluding hydrogens is 425 g/mol. The highest BCUT2D eigenvalue weighted by Gasteiger charge is 2.24. The van der Waals surface area contributed by atoms with Crippen molar-refractivity contribution in [3.8, 4) is 0 Å². The summed E-state index contributed by atoms with van der Waals surface area (Å²) in [7, 11) is 0. The van der Waals surface area contributed by atoms with Crippen LogP contribution < -0.4 is 0 Å². The molecule has 1 saturated heterocycles. The maximum absolute atomic E-state index is 6.59. The van der Waals surface area contributed by atoms with Crippen LogP contribution in [0, 0.1) is 0 Å². The first-order valence-corrected chi connectivity index (χ1v) is 11.8. The largest absolute Gasteiger partial charge is 0.367 e. The molecule has 0 saturated carbocycles. The molecule has 0 radical (unpaired) electrons. The Morgan fingerprint density at radius 1 is 0.806 bits per heavy atom. The standard InChI is InChI=1S/C27H29Cl2NO/c28-24-13-9-21(10-14-24)17-19-30-18-5-4-8-26(30)20-31-27(22-6-2-1-3-7-22)23-11-15-25(29)16-12-23/h1-3,6-7,9-16,26-27H,4-5,8,17-20H2. The summed E-state index contributed by atoms with van der Waals surface area (Å²) in [6.07, 6.45) is 4.66. The van der Waals surface area contributed by atoms with E-state index in [-0.39, 0.29) is 6.10 Å². The van der Waals surface area contributed by atoms with E-state index >= 15 is 0 Å². The molecule has 2 unspecified atom stereocenters. The molecule has 3 aromatic carbocycles. The maximum Gasteiger partial charge on any atom is 0.108 e. The highest BCUT2D eigenvalue weighted by Crippen LogP contribution is 2.29. The zero-order valence-corrected chi connectivity index (χ0v) is 19.2. The van der Waals surface area contributed by atoms with Crippen LogP contribution in [-0.4, -0.2) is 30.6 Å². The number of hydrogen-bond acceptors (Lipinski definition) is 2. The Labute approximate surface area is 195 Å². The first-order valence-electron chi connectivity index (χ1n) is 11.1. The molecule has 31 heavy (non-hydrogen) atoms. The Balaban J connectivity index is 1.43. The van der Waals surface area contributed by atoms with Gasteiger partial charge in [-0.3, -0.25) is 4.90 Å². The van der Waals surface area contributed by atoms with E-state index in [2.05, 4.69) is 53.4 Å². The van der Waals surface area contributed by atoms with E-state index in [4.69, 9.17) is 27.9 Å². The van der Waals surface area contributed by atoms with Crippen LogP contribution in [0.5, 0.6) is 0 Å². The van der Waals surface area contributed by atoms with Gasteiger partial charge in [0.05, 0.1) is 6.61 Å². The molecule has 0 spiro atoms. The summed E-state index contributed by atoms with van der Waals surface area (Å²) in [5.41, 5.74) is 3.64. The Morgan fingerprint density at radius 3 is 2.16 bits per heavy atom. The molecule has 0 aromatic heterocycles. The van der Waals surface area contributed by atoms with Crippen molar-refractivity contribution < 1.29 is 4.74 Å². The van der Waals surface area contributed by atoms with E-state index < -0.39 is 0 Å². The average molecular weight is 454 g/mol. The van der Waals surface area contributed by atoms with Crippen LogP contribution in [0.3, 0.4) is 0 Å². The van der Waals surface area contributed by atoms with Gasteiger partial charge in [-0.2, -0.15) is 0 Å². The summed E-state index contributed by atoms with van der Waals surface area (Å²) < 4.78 is 6.59. The summed E-state index contributed by atoms with van der Waals surface area (Å²) in [5, 5.41) is 1.54. The molecule has 1 fully saturated rings. The minimum Gasteiger partial charge on any atom is -0.367 e. The average Bonchev–Trinajstić information content (AvgIpc) is 2.81. The van der Waals surface area contributed by atoms with Crippen molar-refractivity contribution in [2.45, 2.75) is 37.8 Å². The second kappa shape index (κ2) is 11.2. The molecular formula is C27H29Cl2NO. The lowest BCUT2D eigenvalue weighted by atomic mass is 10.00. The molecule has 1 aliphatic rings. The Morgan fingerprint density at radius 2 is 1.45 bits per heavy atom. The maximum atomic E-state index is 6.59. The number of halogens is 2. The number of rotatable bonds is 8. The zero-order valence-electron chi connectivity index (χ0n) is 17.7. The fraction of sp³-hybridized carbons (Fsp3) is 0.333. The fourth-order valence-corrected chi connectivity index (χ4v) is 4.58. The van der Waals surface area contributed by atoms with Gasteiger partial charge < -0.3 is 4.74 Å². The van der Waals surface area contributed by atoms with E-state index in [1.54, 1.807) is 0 Å². The number of piperidine rings is 1. The van der Waals surface area contributed by atoms with Crippen molar-refractivity contribution in [2.24, 2.45) is 0 Å². The second-order valence-electron chi connectivity index (χ2n) is 8.24. The van der Waals surface area contributed by atoms with Crippen LogP contribution in [0.15, 0.2) is 78.9 Å². The summed E-state index contributed by atoms with van der Waals surface area (Å²) >= 11 is 12.1. The summed E-state index contributed by atoms with van der Waals surface area (Å²) in [6, 6.07) is 27.1. The van der Waals surface area contributed by atoms with Gasteiger partial charge in [-0.1, -0.05) is 84.2 Å². The first kappa shape index (κ1) is 22.4. The molecule has 4 rings (SSSR count). The van der Waals surface area contributed by atoms with Crippen molar-refractivity contribution >= 4 is 23.2 Å². The van der Waals surface area contributed by atoms with Gasteiger partial charge in [0.25, 0.3) is 0 Å². The molecule has 4 heteroatoms. The van der Waals surface area contributed by atoms with Gasteiger partial charge in [-0.05, 0) is 66.8 Å². The van der Waals surface area contributed by atoms with E-state index in [1.807, 2.05) is 30.3 Å². The van der Waals surface area contributed by atoms with Crippen molar-refractivity contribution in [3.63, 3.8) is 0 Å². The van der Waals surface area contributed by atoms with Crippen LogP contribution in [0.4, 0.5) is 0 Å². The van der Waals surface area contributed by atoms with Crippen molar-refractivity contribution in [2.75, 3.05) is 19.7 Å². The van der Waals surface area contributed by atoms with E-state index in [1.165, 1.54) is 30.4 Å². The lowest BCUT2D eigenvalue weighted by Gasteiger charge is -2.36. The molecule has 2 atom stereocenters. The molecule has 0 aliphatic carbocycles. The number of nitrogens with zero attached hydrogens (tertiary/aromatic N) is 1. The van der Waals surface area contributed by atoms with E-state index in [9.17, 15) is 0 Å². The molecule has 162 valence electrons. The smallest absolute Gasteiger partial charge is 0.108 e. The third kappa shape index (κ3) is 6.33. The van der Waals surface area contributed by atoms with Crippen LogP contribution >= 0.6 is 23.2 Å². The summed E-state index contributed by atoms with van der Waals surface area (Å²) in [4.78, 5) is 2.60. The molecule has 2 nitrogen and oxygen atoms in total. The van der Waals surface area contributed by atoms with E-state index in [0.717, 1.165) is 41.7 Å². The second-order valence-corrected chi connectivity index (χ2v) is 9.11. The van der Waals surface area contributed by atoms with Crippen molar-refractivity contribution in [1.29, 1.82) is 0 Å². The predicted octanol–water partition coefficient (Wildman–Crippen LogP) is 7.20.